The van der Waals surface area contributed by atoms with Gasteiger partial charge in [0.1, 0.15) is 5.78 Å². The quantitative estimate of drug-likeness (QED) is 0.558. The smallest absolute Gasteiger partial charge is 0.133 e. The minimum Gasteiger partial charge on any atom is -0.393 e. The summed E-state index contributed by atoms with van der Waals surface area (Å²) in [7, 11) is 0. The lowest BCUT2D eigenvalue weighted by Gasteiger charge is -2.61. The van der Waals surface area contributed by atoms with Crippen LogP contribution in [0.3, 0.4) is 0 Å². The van der Waals surface area contributed by atoms with E-state index in [0.29, 0.717) is 35.4 Å². The fourth-order valence-corrected chi connectivity index (χ4v) is 10.1. The van der Waals surface area contributed by atoms with Crippen LogP contribution in [0.4, 0.5) is 0 Å². The van der Waals surface area contributed by atoms with Crippen LogP contribution in [0.2, 0.25) is 0 Å². The van der Waals surface area contributed by atoms with E-state index in [9.17, 15) is 15.0 Å². The third kappa shape index (κ3) is 3.46. The summed E-state index contributed by atoms with van der Waals surface area (Å²) in [6.45, 7) is 11.9. The summed E-state index contributed by atoms with van der Waals surface area (Å²) in [6, 6.07) is 0. The molecule has 5 fully saturated rings. The zero-order valence-electron chi connectivity index (χ0n) is 21.2. The maximum atomic E-state index is 12.2. The average Bonchev–Trinajstić information content (AvgIpc) is 3.40. The standard InChI is InChI=1S/C29H48O3/c1-16(22-12-18(22)3)6-7-17(2)27-25(31)14-24-21-9-8-19-13-20(30)10-11-28(19,4)23(21)15-26(32)29(24,27)5/h16-19,21-27,31-32H,6-15H2,1-5H3/t16-,17-,18?,19+,21?,22+,23?,24?,25-,26-,27?,28+,29-/m1/s1. The van der Waals surface area contributed by atoms with Crippen LogP contribution in [0.25, 0.3) is 0 Å². The third-order valence-electron chi connectivity index (χ3n) is 12.3. The molecule has 5 aliphatic carbocycles. The molecule has 0 spiro atoms. The molecule has 0 aromatic heterocycles. The van der Waals surface area contributed by atoms with Crippen LogP contribution in [-0.2, 0) is 4.79 Å². The van der Waals surface area contributed by atoms with E-state index >= 15 is 0 Å². The van der Waals surface area contributed by atoms with Crippen LogP contribution in [-0.4, -0.2) is 28.2 Å². The number of aliphatic hydroxyl groups excluding tert-OH is 2. The fraction of sp³-hybridized carbons (Fsp3) is 0.966. The Morgan fingerprint density at radius 2 is 1.69 bits per heavy atom. The largest absolute Gasteiger partial charge is 0.393 e. The van der Waals surface area contributed by atoms with Crippen molar-refractivity contribution in [1.29, 1.82) is 0 Å². The van der Waals surface area contributed by atoms with Crippen molar-refractivity contribution < 1.29 is 15.0 Å². The average molecular weight is 445 g/mol. The highest BCUT2D eigenvalue weighted by molar-refractivity contribution is 5.79. The number of fused-ring (bicyclic) bond motifs is 5. The van der Waals surface area contributed by atoms with E-state index < -0.39 is 0 Å². The van der Waals surface area contributed by atoms with Crippen molar-refractivity contribution in [3.8, 4) is 0 Å². The zero-order chi connectivity index (χ0) is 23.0. The van der Waals surface area contributed by atoms with Crippen molar-refractivity contribution >= 4 is 5.78 Å². The summed E-state index contributed by atoms with van der Waals surface area (Å²) >= 11 is 0. The summed E-state index contributed by atoms with van der Waals surface area (Å²) in [5.41, 5.74) is 0.0357. The van der Waals surface area contributed by atoms with E-state index in [-0.39, 0.29) is 29.0 Å². The Morgan fingerprint density at radius 3 is 2.38 bits per heavy atom. The lowest BCUT2D eigenvalue weighted by atomic mass is 9.44. The van der Waals surface area contributed by atoms with Gasteiger partial charge in [-0.25, -0.2) is 0 Å². The summed E-state index contributed by atoms with van der Waals surface area (Å²) in [6.07, 6.45) is 9.84. The maximum absolute atomic E-state index is 12.2. The molecule has 5 saturated carbocycles. The number of hydrogen-bond acceptors (Lipinski definition) is 3. The van der Waals surface area contributed by atoms with Gasteiger partial charge in [0.2, 0.25) is 0 Å². The summed E-state index contributed by atoms with van der Waals surface area (Å²) < 4.78 is 0. The van der Waals surface area contributed by atoms with Gasteiger partial charge in [-0.1, -0.05) is 47.5 Å². The molecule has 3 heteroatoms. The maximum Gasteiger partial charge on any atom is 0.133 e. The van der Waals surface area contributed by atoms with Gasteiger partial charge in [-0.05, 0) is 97.2 Å². The van der Waals surface area contributed by atoms with Crippen molar-refractivity contribution in [3.05, 3.63) is 0 Å². The second-order valence-corrected chi connectivity index (χ2v) is 13.8. The fourth-order valence-electron chi connectivity index (χ4n) is 10.1. The van der Waals surface area contributed by atoms with Crippen molar-refractivity contribution in [3.63, 3.8) is 0 Å². The summed E-state index contributed by atoms with van der Waals surface area (Å²) in [5.74, 6) is 5.79. The second kappa shape index (κ2) is 8.08. The molecule has 0 heterocycles. The van der Waals surface area contributed by atoms with Crippen LogP contribution >= 0.6 is 0 Å². The van der Waals surface area contributed by atoms with Gasteiger partial charge in [-0.15, -0.1) is 0 Å². The highest BCUT2D eigenvalue weighted by Gasteiger charge is 2.65. The topological polar surface area (TPSA) is 57.5 Å². The molecule has 0 amide bonds. The molecule has 32 heavy (non-hydrogen) atoms. The van der Waals surface area contributed by atoms with E-state index in [0.717, 1.165) is 49.9 Å². The van der Waals surface area contributed by atoms with Crippen LogP contribution in [0.15, 0.2) is 0 Å². The van der Waals surface area contributed by atoms with Crippen molar-refractivity contribution in [2.24, 2.45) is 64.1 Å². The molecule has 182 valence electrons. The molecule has 0 radical (unpaired) electrons. The van der Waals surface area contributed by atoms with Gasteiger partial charge in [0.15, 0.2) is 0 Å². The molecule has 5 aliphatic rings. The summed E-state index contributed by atoms with van der Waals surface area (Å²) in [4.78, 5) is 12.2. The molecular formula is C29H48O3. The molecule has 0 saturated heterocycles. The first kappa shape index (κ1) is 23.3. The van der Waals surface area contributed by atoms with Crippen LogP contribution in [0.5, 0.6) is 0 Å². The Morgan fingerprint density at radius 1 is 1.00 bits per heavy atom. The van der Waals surface area contributed by atoms with Gasteiger partial charge in [0.25, 0.3) is 0 Å². The molecule has 0 bridgehead atoms. The SMILES string of the molecule is CC1C[C@H]1[C@H](C)CC[C@@H](C)C1[C@H](O)CC2C3CC[C@H]4CC(=O)CC[C@]4(C)C3C[C@@H](O)[C@@]21C. The van der Waals surface area contributed by atoms with Crippen molar-refractivity contribution in [2.45, 2.75) is 111 Å². The molecule has 2 N–H and O–H groups in total. The Labute approximate surface area is 196 Å². The number of ketones is 1. The second-order valence-electron chi connectivity index (χ2n) is 13.8. The Kier molecular flexibility index (Phi) is 5.89. The van der Waals surface area contributed by atoms with Gasteiger partial charge in [0.05, 0.1) is 12.2 Å². The highest BCUT2D eigenvalue weighted by Crippen LogP contribution is 2.68. The minimum atomic E-state index is -0.326. The Bertz CT molecular complexity index is 734. The number of rotatable bonds is 5. The van der Waals surface area contributed by atoms with Crippen LogP contribution in [0.1, 0.15) is 98.8 Å². The molecule has 5 rings (SSSR count). The first-order valence-corrected chi connectivity index (χ1v) is 13.9. The molecule has 3 nitrogen and oxygen atoms in total. The van der Waals surface area contributed by atoms with Crippen molar-refractivity contribution in [1.82, 2.24) is 0 Å². The van der Waals surface area contributed by atoms with E-state index in [1.165, 1.54) is 32.1 Å². The van der Waals surface area contributed by atoms with Crippen LogP contribution in [0, 0.1) is 64.1 Å². The molecule has 0 aliphatic heterocycles. The van der Waals surface area contributed by atoms with Gasteiger partial charge in [-0.2, -0.15) is 0 Å². The van der Waals surface area contributed by atoms with E-state index in [1.54, 1.807) is 0 Å². The van der Waals surface area contributed by atoms with E-state index in [2.05, 4.69) is 34.6 Å². The van der Waals surface area contributed by atoms with Crippen LogP contribution < -0.4 is 0 Å². The normalized spacial score (nSPS) is 54.3. The molecule has 13 atom stereocenters. The Balaban J connectivity index is 1.34. The number of hydrogen-bond donors (Lipinski definition) is 2. The number of aliphatic hydroxyl groups is 2. The predicted molar refractivity (Wildman–Crippen MR) is 128 cm³/mol. The lowest BCUT2D eigenvalue weighted by molar-refractivity contribution is -0.172. The molecule has 0 aromatic carbocycles. The molecule has 0 aromatic rings. The van der Waals surface area contributed by atoms with E-state index in [1.807, 2.05) is 0 Å². The minimum absolute atomic E-state index is 0.163. The number of Topliss-reactive ketones (excluding diaryl/α,β-unsaturated/α-hetero) is 1. The third-order valence-corrected chi connectivity index (χ3v) is 12.3. The van der Waals surface area contributed by atoms with Gasteiger partial charge < -0.3 is 10.2 Å². The van der Waals surface area contributed by atoms with Gasteiger partial charge in [-0.3, -0.25) is 4.79 Å². The first-order valence-electron chi connectivity index (χ1n) is 13.9. The Hall–Kier alpha value is -0.410. The number of carbonyl (C=O) groups excluding carboxylic acids is 1. The first-order chi connectivity index (χ1) is 15.1. The molecule has 5 unspecified atom stereocenters. The number of carbonyl (C=O) groups is 1. The highest BCUT2D eigenvalue weighted by atomic mass is 16.3. The monoisotopic (exact) mass is 444 g/mol. The van der Waals surface area contributed by atoms with E-state index in [4.69, 9.17) is 0 Å². The van der Waals surface area contributed by atoms with Crippen molar-refractivity contribution in [2.75, 3.05) is 0 Å². The van der Waals surface area contributed by atoms with Gasteiger partial charge >= 0.3 is 0 Å². The zero-order valence-corrected chi connectivity index (χ0v) is 21.2. The van der Waals surface area contributed by atoms with Gasteiger partial charge in [0, 0.05) is 18.3 Å². The predicted octanol–water partition coefficient (Wildman–Crippen LogP) is 5.86. The molecular weight excluding hydrogens is 396 g/mol. The lowest BCUT2D eigenvalue weighted by Crippen LogP contribution is -2.58. The summed E-state index contributed by atoms with van der Waals surface area (Å²) in [5, 5.41) is 23.1.